The van der Waals surface area contributed by atoms with Gasteiger partial charge in [-0.05, 0) is 40.0 Å². The third kappa shape index (κ3) is 13.1. The van der Waals surface area contributed by atoms with E-state index in [9.17, 15) is 4.79 Å². The summed E-state index contributed by atoms with van der Waals surface area (Å²) in [5.74, 6) is 0.724. The summed E-state index contributed by atoms with van der Waals surface area (Å²) in [5.41, 5.74) is -0.477. The smallest absolute Gasteiger partial charge is 0.407 e. The molecule has 25 heavy (non-hydrogen) atoms. The Bertz CT molecular complexity index is 394. The van der Waals surface area contributed by atoms with Gasteiger partial charge in [0.1, 0.15) is 5.60 Å². The van der Waals surface area contributed by atoms with Crippen LogP contribution >= 0.6 is 24.0 Å². The highest BCUT2D eigenvalue weighted by Crippen LogP contribution is 2.20. The fraction of sp³-hybridized carbons (Fsp3) is 0.882. The van der Waals surface area contributed by atoms with Crippen molar-refractivity contribution in [2.45, 2.75) is 64.6 Å². The predicted molar refractivity (Wildman–Crippen MR) is 112 cm³/mol. The second-order valence-corrected chi connectivity index (χ2v) is 6.99. The zero-order valence-electron chi connectivity index (χ0n) is 16.0. The van der Waals surface area contributed by atoms with Crippen LogP contribution in [0.2, 0.25) is 0 Å². The van der Waals surface area contributed by atoms with Crippen LogP contribution in [0.15, 0.2) is 4.99 Å². The molecule has 1 amide bonds. The summed E-state index contributed by atoms with van der Waals surface area (Å²) in [5, 5.41) is 9.08. The number of aliphatic imine (C=N–C) groups is 1. The standard InChI is InChI=1S/C17H34N4O3.HI/c1-17(2,3)24-16(22)21-12-11-20-15(18-4)19-10-7-13-23-14-8-5-6-9-14;/h14H,5-13H2,1-4H3,(H,21,22)(H2,18,19,20);1H. The van der Waals surface area contributed by atoms with Gasteiger partial charge in [0.2, 0.25) is 0 Å². The highest BCUT2D eigenvalue weighted by atomic mass is 127. The molecule has 3 N–H and O–H groups in total. The van der Waals surface area contributed by atoms with Crippen molar-refractivity contribution in [1.82, 2.24) is 16.0 Å². The molecule has 0 atom stereocenters. The second-order valence-electron chi connectivity index (χ2n) is 6.99. The van der Waals surface area contributed by atoms with Gasteiger partial charge in [-0.25, -0.2) is 4.79 Å². The summed E-state index contributed by atoms with van der Waals surface area (Å²) < 4.78 is 11.0. The summed E-state index contributed by atoms with van der Waals surface area (Å²) >= 11 is 0. The minimum Gasteiger partial charge on any atom is -0.444 e. The first-order valence-electron chi connectivity index (χ1n) is 8.93. The highest BCUT2D eigenvalue weighted by molar-refractivity contribution is 14.0. The molecule has 7 nitrogen and oxygen atoms in total. The predicted octanol–water partition coefficient (Wildman–Crippen LogP) is 2.64. The Morgan fingerprint density at radius 1 is 1.08 bits per heavy atom. The van der Waals surface area contributed by atoms with Gasteiger partial charge < -0.3 is 25.4 Å². The fourth-order valence-corrected chi connectivity index (χ4v) is 2.46. The van der Waals surface area contributed by atoms with Crippen molar-refractivity contribution in [1.29, 1.82) is 0 Å². The van der Waals surface area contributed by atoms with Crippen LogP contribution in [0, 0.1) is 0 Å². The molecular formula is C17H35IN4O3. The van der Waals surface area contributed by atoms with Crippen molar-refractivity contribution in [2.24, 2.45) is 4.99 Å². The lowest BCUT2D eigenvalue weighted by Crippen LogP contribution is -2.42. The van der Waals surface area contributed by atoms with E-state index in [0.29, 0.717) is 19.2 Å². The Morgan fingerprint density at radius 3 is 2.28 bits per heavy atom. The molecule has 0 bridgehead atoms. The SMILES string of the molecule is CN=C(NCCCOC1CCCC1)NCCNC(=O)OC(C)(C)C.I. The summed E-state index contributed by atoms with van der Waals surface area (Å²) in [4.78, 5) is 15.7. The van der Waals surface area contributed by atoms with Gasteiger partial charge in [0, 0.05) is 33.3 Å². The van der Waals surface area contributed by atoms with Gasteiger partial charge in [-0.2, -0.15) is 0 Å². The number of guanidine groups is 1. The number of ether oxygens (including phenoxy) is 2. The van der Waals surface area contributed by atoms with Crippen molar-refractivity contribution >= 4 is 36.0 Å². The van der Waals surface area contributed by atoms with Gasteiger partial charge in [-0.15, -0.1) is 24.0 Å². The number of nitrogens with one attached hydrogen (secondary N) is 3. The average molecular weight is 470 g/mol. The molecule has 1 fully saturated rings. The van der Waals surface area contributed by atoms with Crippen LogP contribution in [0.5, 0.6) is 0 Å². The Kier molecular flexibility index (Phi) is 13.0. The number of hydrogen-bond acceptors (Lipinski definition) is 4. The Morgan fingerprint density at radius 2 is 1.68 bits per heavy atom. The molecule has 0 aromatic heterocycles. The number of nitrogens with zero attached hydrogens (tertiary/aromatic N) is 1. The number of hydrogen-bond donors (Lipinski definition) is 3. The van der Waals surface area contributed by atoms with Crippen LogP contribution in [0.1, 0.15) is 52.9 Å². The second kappa shape index (κ2) is 13.4. The molecule has 1 aliphatic rings. The maximum absolute atomic E-state index is 11.5. The summed E-state index contributed by atoms with van der Waals surface area (Å²) in [6.07, 6.45) is 6.04. The molecule has 0 aromatic carbocycles. The molecule has 8 heteroatoms. The van der Waals surface area contributed by atoms with Crippen LogP contribution < -0.4 is 16.0 Å². The van der Waals surface area contributed by atoms with E-state index < -0.39 is 11.7 Å². The van der Waals surface area contributed by atoms with Crippen molar-refractivity contribution < 1.29 is 14.3 Å². The Balaban J connectivity index is 0.00000576. The average Bonchev–Trinajstić information content (AvgIpc) is 3.00. The topological polar surface area (TPSA) is 84.0 Å². The third-order valence-electron chi connectivity index (χ3n) is 3.58. The third-order valence-corrected chi connectivity index (χ3v) is 3.58. The largest absolute Gasteiger partial charge is 0.444 e. The van der Waals surface area contributed by atoms with Crippen molar-refractivity contribution in [3.8, 4) is 0 Å². The van der Waals surface area contributed by atoms with Crippen LogP contribution in [-0.4, -0.2) is 57.0 Å². The zero-order valence-corrected chi connectivity index (χ0v) is 18.4. The number of carbonyl (C=O) groups excluding carboxylic acids is 1. The molecule has 0 radical (unpaired) electrons. The lowest BCUT2D eigenvalue weighted by atomic mass is 10.2. The van der Waals surface area contributed by atoms with Crippen LogP contribution in [0.3, 0.4) is 0 Å². The number of alkyl carbamates (subject to hydrolysis) is 1. The minimum absolute atomic E-state index is 0. The van der Waals surface area contributed by atoms with Crippen LogP contribution in [0.4, 0.5) is 4.79 Å². The zero-order chi connectivity index (χ0) is 17.8. The molecule has 0 saturated heterocycles. The lowest BCUT2D eigenvalue weighted by Gasteiger charge is -2.20. The first-order valence-corrected chi connectivity index (χ1v) is 8.93. The molecule has 1 rings (SSSR count). The van der Waals surface area contributed by atoms with Crippen molar-refractivity contribution in [3.05, 3.63) is 0 Å². The molecule has 0 aromatic rings. The summed E-state index contributed by atoms with van der Waals surface area (Å²) in [7, 11) is 1.73. The highest BCUT2D eigenvalue weighted by Gasteiger charge is 2.15. The number of carbonyl (C=O) groups is 1. The van der Waals surface area contributed by atoms with E-state index in [-0.39, 0.29) is 24.0 Å². The van der Waals surface area contributed by atoms with E-state index in [1.807, 2.05) is 20.8 Å². The number of amides is 1. The molecule has 1 aliphatic carbocycles. The van der Waals surface area contributed by atoms with E-state index in [2.05, 4.69) is 20.9 Å². The lowest BCUT2D eigenvalue weighted by molar-refractivity contribution is 0.0528. The van der Waals surface area contributed by atoms with Crippen LogP contribution in [0.25, 0.3) is 0 Å². The molecule has 0 spiro atoms. The van der Waals surface area contributed by atoms with E-state index in [4.69, 9.17) is 9.47 Å². The van der Waals surface area contributed by atoms with Gasteiger partial charge in [0.05, 0.1) is 6.10 Å². The monoisotopic (exact) mass is 470 g/mol. The summed E-state index contributed by atoms with van der Waals surface area (Å²) in [6.45, 7) is 8.17. The molecule has 0 unspecified atom stereocenters. The van der Waals surface area contributed by atoms with Gasteiger partial charge >= 0.3 is 6.09 Å². The van der Waals surface area contributed by atoms with Gasteiger partial charge in [0.15, 0.2) is 5.96 Å². The maximum atomic E-state index is 11.5. The summed E-state index contributed by atoms with van der Waals surface area (Å²) in [6, 6.07) is 0. The first-order chi connectivity index (χ1) is 11.4. The molecule has 1 saturated carbocycles. The number of halogens is 1. The van der Waals surface area contributed by atoms with E-state index in [0.717, 1.165) is 25.5 Å². The van der Waals surface area contributed by atoms with Crippen molar-refractivity contribution in [2.75, 3.05) is 33.3 Å². The molecule has 0 aliphatic heterocycles. The van der Waals surface area contributed by atoms with Gasteiger partial charge in [-0.3, -0.25) is 4.99 Å². The van der Waals surface area contributed by atoms with Gasteiger partial charge in [0.25, 0.3) is 0 Å². The maximum Gasteiger partial charge on any atom is 0.407 e. The Hall–Kier alpha value is -0.770. The molecular weight excluding hydrogens is 435 g/mol. The first kappa shape index (κ1) is 24.2. The van der Waals surface area contributed by atoms with E-state index >= 15 is 0 Å². The van der Waals surface area contributed by atoms with E-state index in [1.165, 1.54) is 25.7 Å². The number of rotatable bonds is 8. The Labute approximate surface area is 169 Å². The molecule has 148 valence electrons. The van der Waals surface area contributed by atoms with E-state index in [1.54, 1.807) is 7.05 Å². The van der Waals surface area contributed by atoms with Crippen LogP contribution in [-0.2, 0) is 9.47 Å². The fourth-order valence-electron chi connectivity index (χ4n) is 2.46. The van der Waals surface area contributed by atoms with Gasteiger partial charge in [-0.1, -0.05) is 12.8 Å². The quantitative estimate of drug-likeness (QED) is 0.220. The minimum atomic E-state index is -0.477. The normalized spacial score (nSPS) is 15.4. The van der Waals surface area contributed by atoms with Crippen molar-refractivity contribution in [3.63, 3.8) is 0 Å². The molecule has 0 heterocycles.